The van der Waals surface area contributed by atoms with Gasteiger partial charge in [0.25, 0.3) is 0 Å². The molecule has 2 aliphatic rings. The van der Waals surface area contributed by atoms with E-state index in [2.05, 4.69) is 33.3 Å². The third kappa shape index (κ3) is 4.76. The summed E-state index contributed by atoms with van der Waals surface area (Å²) in [6, 6.07) is 21.2. The number of halogens is 2. The molecule has 4 nitrogen and oxygen atoms in total. The first kappa shape index (κ1) is 21.6. The van der Waals surface area contributed by atoms with Gasteiger partial charge in [-0.25, -0.2) is 8.78 Å². The second-order valence-electron chi connectivity index (χ2n) is 8.91. The van der Waals surface area contributed by atoms with Crippen molar-refractivity contribution < 1.29 is 13.6 Å². The summed E-state index contributed by atoms with van der Waals surface area (Å²) in [5.41, 5.74) is 4.35. The number of piperazine rings is 1. The molecule has 0 aliphatic carbocycles. The van der Waals surface area contributed by atoms with Crippen LogP contribution in [0.25, 0.3) is 0 Å². The molecule has 0 spiro atoms. The van der Waals surface area contributed by atoms with Crippen LogP contribution in [0.3, 0.4) is 0 Å². The van der Waals surface area contributed by atoms with Crippen LogP contribution >= 0.6 is 0 Å². The number of hydrogen-bond acceptors (Lipinski definition) is 3. The van der Waals surface area contributed by atoms with Gasteiger partial charge in [0.1, 0.15) is 11.6 Å². The van der Waals surface area contributed by atoms with Crippen LogP contribution in [-0.2, 0) is 24.3 Å². The number of para-hydroxylation sites is 1. The Kier molecular flexibility index (Phi) is 6.09. The summed E-state index contributed by atoms with van der Waals surface area (Å²) >= 11 is 0. The fourth-order valence-corrected chi connectivity index (χ4v) is 5.03. The molecule has 1 saturated heterocycles. The van der Waals surface area contributed by atoms with Gasteiger partial charge in [0, 0.05) is 38.4 Å². The highest BCUT2D eigenvalue weighted by Crippen LogP contribution is 2.36. The quantitative estimate of drug-likeness (QED) is 0.639. The summed E-state index contributed by atoms with van der Waals surface area (Å²) < 4.78 is 26.5. The summed E-state index contributed by atoms with van der Waals surface area (Å²) in [5, 5.41) is 3.07. The molecular formula is C27H27F2N3O. The Labute approximate surface area is 192 Å². The summed E-state index contributed by atoms with van der Waals surface area (Å²) in [7, 11) is 0. The Balaban J connectivity index is 1.33. The fraction of sp³-hybridized carbons (Fsp3) is 0.296. The maximum atomic E-state index is 13.3. The second kappa shape index (κ2) is 9.32. The molecule has 2 unspecified atom stereocenters. The first-order valence-electron chi connectivity index (χ1n) is 11.4. The molecule has 1 fully saturated rings. The average molecular weight is 448 g/mol. The number of fused-ring (bicyclic) bond motifs is 3. The van der Waals surface area contributed by atoms with E-state index < -0.39 is 0 Å². The predicted molar refractivity (Wildman–Crippen MR) is 125 cm³/mol. The predicted octanol–water partition coefficient (Wildman–Crippen LogP) is 4.14. The molecule has 1 amide bonds. The fourth-order valence-electron chi connectivity index (χ4n) is 5.03. The SMILES string of the molecule is O=C(NCc1ccc(F)cc1)C1Cc2ccccc2N2CCN(Cc3ccc(F)cc3)CC12. The van der Waals surface area contributed by atoms with Crippen LogP contribution < -0.4 is 10.2 Å². The lowest BCUT2D eigenvalue weighted by Gasteiger charge is -2.49. The van der Waals surface area contributed by atoms with Crippen molar-refractivity contribution in [3.05, 3.63) is 101 Å². The molecule has 0 bridgehead atoms. The lowest BCUT2D eigenvalue weighted by atomic mass is 9.83. The van der Waals surface area contributed by atoms with Gasteiger partial charge in [0.2, 0.25) is 5.91 Å². The standard InChI is InChI=1S/C27H27F2N3O/c28-22-9-5-19(6-10-22)16-30-27(33)24-15-21-3-1-2-4-25(21)32-14-13-31(18-26(24)32)17-20-7-11-23(29)12-8-20/h1-12,24,26H,13-18H2,(H,30,33). The van der Waals surface area contributed by atoms with E-state index in [-0.39, 0.29) is 29.5 Å². The second-order valence-corrected chi connectivity index (χ2v) is 8.91. The van der Waals surface area contributed by atoms with Gasteiger partial charge in [-0.1, -0.05) is 42.5 Å². The highest BCUT2D eigenvalue weighted by molar-refractivity contribution is 5.82. The van der Waals surface area contributed by atoms with Crippen LogP contribution in [0.5, 0.6) is 0 Å². The Morgan fingerprint density at radius 1 is 0.879 bits per heavy atom. The number of benzene rings is 3. The molecule has 3 aromatic rings. The smallest absolute Gasteiger partial charge is 0.225 e. The lowest BCUT2D eigenvalue weighted by Crippen LogP contribution is -2.60. The molecule has 0 radical (unpaired) electrons. The van der Waals surface area contributed by atoms with Crippen LogP contribution in [0.15, 0.2) is 72.8 Å². The van der Waals surface area contributed by atoms with Gasteiger partial charge in [-0.05, 0) is 53.4 Å². The number of hydrogen-bond donors (Lipinski definition) is 1. The molecule has 2 aliphatic heterocycles. The molecule has 3 aromatic carbocycles. The monoisotopic (exact) mass is 447 g/mol. The van der Waals surface area contributed by atoms with Crippen LogP contribution in [0.1, 0.15) is 16.7 Å². The molecule has 1 N–H and O–H groups in total. The summed E-state index contributed by atoms with van der Waals surface area (Å²) in [6.45, 7) is 3.59. The lowest BCUT2D eigenvalue weighted by molar-refractivity contribution is -0.126. The summed E-state index contributed by atoms with van der Waals surface area (Å²) in [4.78, 5) is 18.1. The van der Waals surface area contributed by atoms with E-state index >= 15 is 0 Å². The van der Waals surface area contributed by atoms with Crippen molar-refractivity contribution in [1.82, 2.24) is 10.2 Å². The van der Waals surface area contributed by atoms with E-state index in [1.54, 1.807) is 12.1 Å². The van der Waals surface area contributed by atoms with Crippen molar-refractivity contribution in [2.45, 2.75) is 25.6 Å². The van der Waals surface area contributed by atoms with Crippen LogP contribution in [0.2, 0.25) is 0 Å². The van der Waals surface area contributed by atoms with Gasteiger partial charge < -0.3 is 10.2 Å². The molecule has 6 heteroatoms. The van der Waals surface area contributed by atoms with Crippen molar-refractivity contribution in [3.8, 4) is 0 Å². The zero-order chi connectivity index (χ0) is 22.8. The van der Waals surface area contributed by atoms with Gasteiger partial charge in [0.05, 0.1) is 12.0 Å². The first-order valence-corrected chi connectivity index (χ1v) is 11.4. The van der Waals surface area contributed by atoms with Gasteiger partial charge >= 0.3 is 0 Å². The number of anilines is 1. The Bertz CT molecular complexity index is 1120. The minimum atomic E-state index is -0.284. The molecule has 170 valence electrons. The van der Waals surface area contributed by atoms with Crippen molar-refractivity contribution in [1.29, 1.82) is 0 Å². The van der Waals surface area contributed by atoms with Gasteiger partial charge in [0.15, 0.2) is 0 Å². The van der Waals surface area contributed by atoms with Gasteiger partial charge in [-0.2, -0.15) is 0 Å². The minimum absolute atomic E-state index is 0.0208. The van der Waals surface area contributed by atoms with Gasteiger partial charge in [-0.15, -0.1) is 0 Å². The number of carbonyl (C=O) groups excluding carboxylic acids is 1. The van der Waals surface area contributed by atoms with Crippen molar-refractivity contribution in [2.75, 3.05) is 24.5 Å². The van der Waals surface area contributed by atoms with Crippen molar-refractivity contribution in [3.63, 3.8) is 0 Å². The molecule has 0 saturated carbocycles. The Hall–Kier alpha value is -3.25. The van der Waals surface area contributed by atoms with E-state index in [4.69, 9.17) is 0 Å². The number of amides is 1. The molecule has 5 rings (SSSR count). The first-order chi connectivity index (χ1) is 16.1. The maximum absolute atomic E-state index is 13.3. The third-order valence-corrected chi connectivity index (χ3v) is 6.74. The minimum Gasteiger partial charge on any atom is -0.365 e. The molecule has 2 atom stereocenters. The number of rotatable bonds is 5. The molecule has 33 heavy (non-hydrogen) atoms. The van der Waals surface area contributed by atoms with E-state index in [0.717, 1.165) is 37.3 Å². The largest absolute Gasteiger partial charge is 0.365 e. The normalized spacial score (nSPS) is 20.1. The van der Waals surface area contributed by atoms with E-state index in [1.165, 1.54) is 35.5 Å². The molecule has 2 heterocycles. The zero-order valence-electron chi connectivity index (χ0n) is 18.4. The highest BCUT2D eigenvalue weighted by atomic mass is 19.1. The topological polar surface area (TPSA) is 35.6 Å². The Morgan fingerprint density at radius 3 is 2.27 bits per heavy atom. The van der Waals surface area contributed by atoms with E-state index in [0.29, 0.717) is 13.0 Å². The molecular weight excluding hydrogens is 420 g/mol. The van der Waals surface area contributed by atoms with Crippen LogP contribution in [0.4, 0.5) is 14.5 Å². The van der Waals surface area contributed by atoms with Crippen LogP contribution in [-0.4, -0.2) is 36.5 Å². The van der Waals surface area contributed by atoms with E-state index in [9.17, 15) is 13.6 Å². The van der Waals surface area contributed by atoms with E-state index in [1.807, 2.05) is 18.2 Å². The Morgan fingerprint density at radius 2 is 1.55 bits per heavy atom. The van der Waals surface area contributed by atoms with Crippen molar-refractivity contribution in [2.24, 2.45) is 5.92 Å². The molecule has 0 aromatic heterocycles. The number of nitrogens with zero attached hydrogens (tertiary/aromatic N) is 2. The number of nitrogens with one attached hydrogen (secondary N) is 1. The highest BCUT2D eigenvalue weighted by Gasteiger charge is 2.41. The summed E-state index contributed by atoms with van der Waals surface area (Å²) in [5.74, 6) is -0.678. The zero-order valence-corrected chi connectivity index (χ0v) is 18.4. The van der Waals surface area contributed by atoms with Crippen LogP contribution in [0, 0.1) is 17.6 Å². The van der Waals surface area contributed by atoms with Crippen molar-refractivity contribution >= 4 is 11.6 Å². The maximum Gasteiger partial charge on any atom is 0.225 e. The number of carbonyl (C=O) groups is 1. The summed E-state index contributed by atoms with van der Waals surface area (Å²) in [6.07, 6.45) is 0.691. The average Bonchev–Trinajstić information content (AvgIpc) is 2.84. The van der Waals surface area contributed by atoms with Gasteiger partial charge in [-0.3, -0.25) is 9.69 Å². The third-order valence-electron chi connectivity index (χ3n) is 6.74.